The molecule has 2 heterocycles. The fraction of sp³-hybridized carbons (Fsp3) is 0.562. The second kappa shape index (κ2) is 8.85. The summed E-state index contributed by atoms with van der Waals surface area (Å²) in [6.45, 7) is 6.72. The van der Waals surface area contributed by atoms with Gasteiger partial charge in [0.2, 0.25) is 5.95 Å². The van der Waals surface area contributed by atoms with Gasteiger partial charge >= 0.3 is 0 Å². The number of nitrogens with one attached hydrogen (secondary N) is 1. The molecular weight excluding hydrogens is 282 g/mol. The van der Waals surface area contributed by atoms with Gasteiger partial charge in [0.25, 0.3) is 0 Å². The van der Waals surface area contributed by atoms with E-state index in [1.807, 2.05) is 24.5 Å². The zero-order valence-corrected chi connectivity index (χ0v) is 13.7. The van der Waals surface area contributed by atoms with Crippen LogP contribution in [0, 0.1) is 0 Å². The van der Waals surface area contributed by atoms with E-state index in [1.165, 1.54) is 4.88 Å². The smallest absolute Gasteiger partial charge is 0.203 e. The topological polar surface area (TPSA) is 39.1 Å². The predicted octanol–water partition coefficient (Wildman–Crippen LogP) is 4.17. The summed E-state index contributed by atoms with van der Waals surface area (Å²) < 4.78 is 7.62. The van der Waals surface area contributed by atoms with Crippen LogP contribution in [-0.2, 0) is 4.74 Å². The van der Waals surface area contributed by atoms with E-state index in [1.54, 1.807) is 0 Å². The fourth-order valence-electron chi connectivity index (χ4n) is 2.39. The number of hydrogen-bond donors (Lipinski definition) is 1. The van der Waals surface area contributed by atoms with E-state index in [0.29, 0.717) is 6.04 Å². The normalized spacial score (nSPS) is 12.5. The highest BCUT2D eigenvalue weighted by molar-refractivity contribution is 7.10. The van der Waals surface area contributed by atoms with E-state index in [0.717, 1.165) is 45.0 Å². The maximum Gasteiger partial charge on any atom is 0.203 e. The number of aromatic nitrogens is 2. The first kappa shape index (κ1) is 16.0. The lowest BCUT2D eigenvalue weighted by atomic mass is 10.1. The van der Waals surface area contributed by atoms with Crippen molar-refractivity contribution in [1.82, 2.24) is 9.55 Å². The van der Waals surface area contributed by atoms with Crippen molar-refractivity contribution in [3.63, 3.8) is 0 Å². The largest absolute Gasteiger partial charge is 0.382 e. The van der Waals surface area contributed by atoms with Crippen molar-refractivity contribution in [2.75, 3.05) is 25.1 Å². The molecule has 5 heteroatoms. The molecule has 0 radical (unpaired) electrons. The summed E-state index contributed by atoms with van der Waals surface area (Å²) in [5, 5.41) is 5.57. The molecule has 0 aliphatic heterocycles. The summed E-state index contributed by atoms with van der Waals surface area (Å²) in [4.78, 5) is 5.86. The van der Waals surface area contributed by atoms with E-state index in [-0.39, 0.29) is 0 Å². The van der Waals surface area contributed by atoms with Gasteiger partial charge in [-0.05, 0) is 31.2 Å². The lowest BCUT2D eigenvalue weighted by Gasteiger charge is -2.19. The molecule has 2 aromatic heterocycles. The third-order valence-corrected chi connectivity index (χ3v) is 4.36. The Morgan fingerprint density at radius 1 is 1.43 bits per heavy atom. The van der Waals surface area contributed by atoms with Crippen LogP contribution in [-0.4, -0.2) is 29.3 Å². The number of hydrogen-bond acceptors (Lipinski definition) is 4. The summed E-state index contributed by atoms with van der Waals surface area (Å²) in [5.74, 6) is 0.957. The van der Waals surface area contributed by atoms with Crippen molar-refractivity contribution in [3.8, 4) is 0 Å². The third kappa shape index (κ3) is 4.58. The van der Waals surface area contributed by atoms with Gasteiger partial charge in [0.05, 0.1) is 6.04 Å². The van der Waals surface area contributed by atoms with Crippen molar-refractivity contribution in [2.24, 2.45) is 0 Å². The van der Waals surface area contributed by atoms with Gasteiger partial charge < -0.3 is 14.6 Å². The Morgan fingerprint density at radius 2 is 2.33 bits per heavy atom. The average Bonchev–Trinajstić information content (AvgIpc) is 3.16. The highest BCUT2D eigenvalue weighted by Gasteiger charge is 2.16. The standard InChI is InChI=1S/C16H25N3OS/c1-3-7-14(15-8-5-13-21-15)19-11-10-18-16(19)17-9-6-12-20-4-2/h5,8,10-11,13-14H,3-4,6-7,9,12H2,1-2H3,(H,17,18). The summed E-state index contributed by atoms with van der Waals surface area (Å²) in [6.07, 6.45) is 7.24. The van der Waals surface area contributed by atoms with Crippen LogP contribution in [0.3, 0.4) is 0 Å². The first-order valence-electron chi connectivity index (χ1n) is 7.74. The number of imidazole rings is 1. The van der Waals surface area contributed by atoms with E-state index in [4.69, 9.17) is 4.74 Å². The number of thiophene rings is 1. The van der Waals surface area contributed by atoms with Crippen molar-refractivity contribution in [1.29, 1.82) is 0 Å². The summed E-state index contributed by atoms with van der Waals surface area (Å²) in [6, 6.07) is 4.71. The first-order valence-corrected chi connectivity index (χ1v) is 8.62. The van der Waals surface area contributed by atoms with E-state index in [9.17, 15) is 0 Å². The molecule has 1 N–H and O–H groups in total. The summed E-state index contributed by atoms with van der Waals surface area (Å²) in [5.41, 5.74) is 0. The number of rotatable bonds is 10. The summed E-state index contributed by atoms with van der Waals surface area (Å²) in [7, 11) is 0. The minimum absolute atomic E-state index is 0.381. The SMILES string of the molecule is CCCC(c1cccs1)n1ccnc1NCCCOCC. The van der Waals surface area contributed by atoms with Crippen LogP contribution >= 0.6 is 11.3 Å². The Bertz CT molecular complexity index is 495. The van der Waals surface area contributed by atoms with Crippen LogP contribution in [0.2, 0.25) is 0 Å². The van der Waals surface area contributed by atoms with Crippen molar-refractivity contribution in [3.05, 3.63) is 34.8 Å². The van der Waals surface area contributed by atoms with E-state index < -0.39 is 0 Å². The van der Waals surface area contributed by atoms with Gasteiger partial charge in [0, 0.05) is 37.0 Å². The average molecular weight is 307 g/mol. The van der Waals surface area contributed by atoms with Crippen LogP contribution in [0.4, 0.5) is 5.95 Å². The molecule has 21 heavy (non-hydrogen) atoms. The van der Waals surface area contributed by atoms with E-state index in [2.05, 4.69) is 45.5 Å². The van der Waals surface area contributed by atoms with Crippen molar-refractivity contribution >= 4 is 17.3 Å². The zero-order valence-electron chi connectivity index (χ0n) is 12.9. The molecular formula is C16H25N3OS. The Morgan fingerprint density at radius 3 is 3.05 bits per heavy atom. The molecule has 4 nitrogen and oxygen atoms in total. The molecule has 0 saturated heterocycles. The van der Waals surface area contributed by atoms with Crippen LogP contribution in [0.15, 0.2) is 29.9 Å². The predicted molar refractivity (Wildman–Crippen MR) is 89.2 cm³/mol. The van der Waals surface area contributed by atoms with Gasteiger partial charge in [-0.1, -0.05) is 19.4 Å². The molecule has 0 amide bonds. The lowest BCUT2D eigenvalue weighted by Crippen LogP contribution is -2.15. The Balaban J connectivity index is 2.00. The minimum Gasteiger partial charge on any atom is -0.382 e. The van der Waals surface area contributed by atoms with Crippen molar-refractivity contribution < 1.29 is 4.74 Å². The lowest BCUT2D eigenvalue weighted by molar-refractivity contribution is 0.147. The monoisotopic (exact) mass is 307 g/mol. The Kier molecular flexibility index (Phi) is 6.76. The van der Waals surface area contributed by atoms with Crippen LogP contribution in [0.5, 0.6) is 0 Å². The first-order chi connectivity index (χ1) is 10.4. The summed E-state index contributed by atoms with van der Waals surface area (Å²) >= 11 is 1.82. The molecule has 0 saturated carbocycles. The van der Waals surface area contributed by atoms with Gasteiger partial charge in [-0.2, -0.15) is 0 Å². The maximum absolute atomic E-state index is 5.36. The zero-order chi connectivity index (χ0) is 14.9. The molecule has 116 valence electrons. The molecule has 1 unspecified atom stereocenters. The molecule has 0 aliphatic rings. The molecule has 0 bridgehead atoms. The molecule has 0 fully saturated rings. The number of anilines is 1. The highest BCUT2D eigenvalue weighted by Crippen LogP contribution is 2.29. The Labute approximate surface area is 131 Å². The fourth-order valence-corrected chi connectivity index (χ4v) is 3.25. The Hall–Kier alpha value is -1.33. The minimum atomic E-state index is 0.381. The van der Waals surface area contributed by atoms with Crippen LogP contribution < -0.4 is 5.32 Å². The molecule has 2 aromatic rings. The van der Waals surface area contributed by atoms with Gasteiger partial charge in [-0.25, -0.2) is 4.98 Å². The highest BCUT2D eigenvalue weighted by atomic mass is 32.1. The molecule has 0 spiro atoms. The quantitative estimate of drug-likeness (QED) is 0.670. The van der Waals surface area contributed by atoms with Gasteiger partial charge in [0.1, 0.15) is 0 Å². The maximum atomic E-state index is 5.36. The molecule has 2 rings (SSSR count). The molecule has 0 aromatic carbocycles. The second-order valence-electron chi connectivity index (χ2n) is 4.96. The second-order valence-corrected chi connectivity index (χ2v) is 5.93. The van der Waals surface area contributed by atoms with E-state index >= 15 is 0 Å². The van der Waals surface area contributed by atoms with Gasteiger partial charge in [-0.3, -0.25) is 0 Å². The van der Waals surface area contributed by atoms with Gasteiger partial charge in [0.15, 0.2) is 0 Å². The molecule has 0 aliphatic carbocycles. The third-order valence-electron chi connectivity index (χ3n) is 3.39. The molecule has 1 atom stereocenters. The van der Waals surface area contributed by atoms with Crippen molar-refractivity contribution in [2.45, 2.75) is 39.2 Å². The number of nitrogens with zero attached hydrogens (tertiary/aromatic N) is 2. The van der Waals surface area contributed by atoms with Crippen LogP contribution in [0.1, 0.15) is 44.0 Å². The van der Waals surface area contributed by atoms with Gasteiger partial charge in [-0.15, -0.1) is 11.3 Å². The van der Waals surface area contributed by atoms with Crippen LogP contribution in [0.25, 0.3) is 0 Å². The number of ether oxygens (including phenoxy) is 1.